The average Bonchev–Trinajstić information content (AvgIpc) is 2.86. The number of amides is 2. The van der Waals surface area contributed by atoms with E-state index in [2.05, 4.69) is 5.32 Å². The molecule has 1 fully saturated rings. The molecule has 0 spiro atoms. The van der Waals surface area contributed by atoms with Crippen LogP contribution in [0.15, 0.2) is 29.2 Å². The summed E-state index contributed by atoms with van der Waals surface area (Å²) in [5.41, 5.74) is 1.08. The number of thiocarbonyl (C=S) groups is 1. The minimum Gasteiger partial charge on any atom is -0.548 e. The van der Waals surface area contributed by atoms with Crippen LogP contribution in [0, 0.1) is 5.92 Å². The normalized spacial score (nSPS) is 18.1. The molecule has 2 amide bonds. The lowest BCUT2D eigenvalue weighted by Crippen LogP contribution is -2.51. The Kier molecular flexibility index (Phi) is 6.55. The van der Waals surface area contributed by atoms with Gasteiger partial charge in [-0.3, -0.25) is 14.5 Å². The molecule has 2 rings (SSSR count). The smallest absolute Gasteiger partial charge is 0.265 e. The van der Waals surface area contributed by atoms with Crippen molar-refractivity contribution in [2.45, 2.75) is 26.3 Å². The number of carboxylic acid groups (broad SMARTS) is 1. The minimum atomic E-state index is -1.30. The highest BCUT2D eigenvalue weighted by Gasteiger charge is 2.28. The second-order valence-corrected chi connectivity index (χ2v) is 7.69. The monoisotopic (exact) mass is 391 g/mol. The zero-order valence-electron chi connectivity index (χ0n) is 14.6. The van der Waals surface area contributed by atoms with Gasteiger partial charge in [0.15, 0.2) is 0 Å². The lowest BCUT2D eigenvalue weighted by atomic mass is 9.99. The molecule has 1 aliphatic heterocycles. The average molecular weight is 391 g/mol. The molecule has 0 aromatic heterocycles. The molecular formula is C18H19N2O4S2-. The molecule has 1 saturated heterocycles. The van der Waals surface area contributed by atoms with Crippen LogP contribution in [0.4, 0.5) is 0 Å². The molecule has 0 radical (unpaired) electrons. The van der Waals surface area contributed by atoms with Crippen LogP contribution < -0.4 is 10.4 Å². The molecule has 1 aromatic rings. The number of nitrogens with zero attached hydrogens (tertiary/aromatic N) is 1. The quantitative estimate of drug-likeness (QED) is 0.583. The first-order chi connectivity index (χ1) is 12.2. The summed E-state index contributed by atoms with van der Waals surface area (Å²) in [6.45, 7) is 3.59. The number of nitrogens with one attached hydrogen (secondary N) is 1. The predicted molar refractivity (Wildman–Crippen MR) is 103 cm³/mol. The van der Waals surface area contributed by atoms with Crippen LogP contribution in [-0.2, 0) is 9.59 Å². The van der Waals surface area contributed by atoms with Gasteiger partial charge in [0.2, 0.25) is 0 Å². The summed E-state index contributed by atoms with van der Waals surface area (Å²) in [6, 6.07) is 5.49. The van der Waals surface area contributed by atoms with Gasteiger partial charge in [-0.25, -0.2) is 0 Å². The molecule has 0 aliphatic carbocycles. The molecule has 6 nitrogen and oxygen atoms in total. The Bertz CT molecular complexity index is 774. The van der Waals surface area contributed by atoms with Gasteiger partial charge >= 0.3 is 0 Å². The van der Waals surface area contributed by atoms with E-state index in [4.69, 9.17) is 12.2 Å². The number of carboxylic acids is 1. The highest BCUT2D eigenvalue weighted by molar-refractivity contribution is 8.26. The Morgan fingerprint density at radius 3 is 2.42 bits per heavy atom. The van der Waals surface area contributed by atoms with Gasteiger partial charge in [-0.2, -0.15) is 0 Å². The Labute approximate surface area is 161 Å². The fourth-order valence-electron chi connectivity index (χ4n) is 2.32. The van der Waals surface area contributed by atoms with Crippen LogP contribution in [0.2, 0.25) is 0 Å². The lowest BCUT2D eigenvalue weighted by molar-refractivity contribution is -0.309. The Hall–Kier alpha value is -2.19. The van der Waals surface area contributed by atoms with E-state index in [1.165, 1.54) is 16.7 Å². The van der Waals surface area contributed by atoms with E-state index >= 15 is 0 Å². The maximum atomic E-state index is 12.3. The molecule has 8 heteroatoms. The van der Waals surface area contributed by atoms with E-state index in [1.54, 1.807) is 44.3 Å². The fourth-order valence-corrected chi connectivity index (χ4v) is 3.50. The number of likely N-dealkylation sites (N-methyl/N-ethyl adjacent to an activating group) is 1. The number of aliphatic carboxylic acids is 1. The third-order valence-electron chi connectivity index (χ3n) is 4.21. The van der Waals surface area contributed by atoms with Crippen LogP contribution >= 0.6 is 24.0 Å². The summed E-state index contributed by atoms with van der Waals surface area (Å²) in [7, 11) is 1.62. The Morgan fingerprint density at radius 1 is 1.35 bits per heavy atom. The van der Waals surface area contributed by atoms with Crippen molar-refractivity contribution < 1.29 is 19.5 Å². The SMILES string of the molecule is CC[C@H](C)[C@H](NC(=O)c1ccc(/C=C2/SC(=S)N(C)C2=O)cc1)C(=O)[O-]. The Morgan fingerprint density at radius 2 is 1.96 bits per heavy atom. The van der Waals surface area contributed by atoms with Crippen LogP contribution in [0.3, 0.4) is 0 Å². The third kappa shape index (κ3) is 4.50. The van der Waals surface area contributed by atoms with Crippen LogP contribution in [0.5, 0.6) is 0 Å². The van der Waals surface area contributed by atoms with Crippen LogP contribution in [0.25, 0.3) is 6.08 Å². The zero-order chi connectivity index (χ0) is 19.4. The molecule has 0 saturated carbocycles. The number of hydrogen-bond donors (Lipinski definition) is 1. The van der Waals surface area contributed by atoms with Crippen molar-refractivity contribution in [2.24, 2.45) is 5.92 Å². The first-order valence-corrected chi connectivity index (χ1v) is 9.30. The second-order valence-electron chi connectivity index (χ2n) is 6.02. The van der Waals surface area contributed by atoms with Gasteiger partial charge in [0.05, 0.1) is 16.9 Å². The predicted octanol–water partition coefficient (Wildman–Crippen LogP) is 1.41. The minimum absolute atomic E-state index is 0.160. The maximum absolute atomic E-state index is 12.3. The summed E-state index contributed by atoms with van der Waals surface area (Å²) in [6.07, 6.45) is 2.31. The van der Waals surface area contributed by atoms with Gasteiger partial charge < -0.3 is 15.2 Å². The van der Waals surface area contributed by atoms with Gasteiger partial charge in [-0.1, -0.05) is 56.4 Å². The van der Waals surface area contributed by atoms with Crippen LogP contribution in [-0.4, -0.2) is 40.1 Å². The molecule has 2 atom stereocenters. The van der Waals surface area contributed by atoms with E-state index in [1.807, 2.05) is 6.92 Å². The maximum Gasteiger partial charge on any atom is 0.265 e. The zero-order valence-corrected chi connectivity index (χ0v) is 16.3. The molecule has 1 aromatic carbocycles. The van der Waals surface area contributed by atoms with Gasteiger partial charge in [0, 0.05) is 12.6 Å². The molecule has 138 valence electrons. The van der Waals surface area contributed by atoms with Crippen molar-refractivity contribution >= 4 is 52.2 Å². The first-order valence-electron chi connectivity index (χ1n) is 8.08. The van der Waals surface area contributed by atoms with Gasteiger partial charge in [-0.05, 0) is 29.7 Å². The summed E-state index contributed by atoms with van der Waals surface area (Å²) in [5.74, 6) is -2.18. The third-order valence-corrected chi connectivity index (χ3v) is 5.70. The van der Waals surface area contributed by atoms with Crippen molar-refractivity contribution in [3.63, 3.8) is 0 Å². The number of carbonyl (C=O) groups excluding carboxylic acids is 3. The standard InChI is InChI=1S/C18H20N2O4S2/c1-4-10(2)14(17(23)24)19-15(21)12-7-5-11(6-8-12)9-13-16(22)20(3)18(25)26-13/h5-10,14H,4H2,1-3H3,(H,19,21)(H,23,24)/p-1/b13-9+/t10-,14-/m0/s1. The van der Waals surface area contributed by atoms with E-state index in [9.17, 15) is 19.5 Å². The molecule has 1 N–H and O–H groups in total. The van der Waals surface area contributed by atoms with Crippen LogP contribution in [0.1, 0.15) is 36.2 Å². The fraction of sp³-hybridized carbons (Fsp3) is 0.333. The summed E-state index contributed by atoms with van der Waals surface area (Å²) in [5, 5.41) is 13.7. The summed E-state index contributed by atoms with van der Waals surface area (Å²) in [4.78, 5) is 37.4. The summed E-state index contributed by atoms with van der Waals surface area (Å²) >= 11 is 6.30. The summed E-state index contributed by atoms with van der Waals surface area (Å²) < 4.78 is 0.496. The number of rotatable bonds is 6. The van der Waals surface area contributed by atoms with Crippen molar-refractivity contribution in [1.82, 2.24) is 10.2 Å². The van der Waals surface area contributed by atoms with Crippen molar-refractivity contribution in [3.05, 3.63) is 40.3 Å². The van der Waals surface area contributed by atoms with Gasteiger partial charge in [0.25, 0.3) is 11.8 Å². The topological polar surface area (TPSA) is 89.5 Å². The van der Waals surface area contributed by atoms with E-state index in [-0.39, 0.29) is 11.8 Å². The number of thioether (sulfide) groups is 1. The van der Waals surface area contributed by atoms with Gasteiger partial charge in [-0.15, -0.1) is 0 Å². The van der Waals surface area contributed by atoms with Crippen molar-refractivity contribution in [2.75, 3.05) is 7.05 Å². The van der Waals surface area contributed by atoms with Crippen molar-refractivity contribution in [3.8, 4) is 0 Å². The molecule has 0 bridgehead atoms. The number of hydrogen-bond acceptors (Lipinski definition) is 6. The number of carbonyl (C=O) groups is 3. The lowest BCUT2D eigenvalue weighted by Gasteiger charge is -2.25. The molecule has 26 heavy (non-hydrogen) atoms. The highest BCUT2D eigenvalue weighted by atomic mass is 32.2. The molecular weight excluding hydrogens is 372 g/mol. The first kappa shape index (κ1) is 20.1. The van der Waals surface area contributed by atoms with Gasteiger partial charge in [0.1, 0.15) is 4.32 Å². The molecule has 1 aliphatic rings. The van der Waals surface area contributed by atoms with E-state index in [0.29, 0.717) is 21.2 Å². The molecule has 1 heterocycles. The largest absolute Gasteiger partial charge is 0.548 e. The molecule has 0 unspecified atom stereocenters. The Balaban J connectivity index is 2.12. The highest BCUT2D eigenvalue weighted by Crippen LogP contribution is 2.31. The van der Waals surface area contributed by atoms with Crippen molar-refractivity contribution in [1.29, 1.82) is 0 Å². The number of benzene rings is 1. The van der Waals surface area contributed by atoms with E-state index < -0.39 is 17.9 Å². The van der Waals surface area contributed by atoms with E-state index in [0.717, 1.165) is 5.56 Å². The second kappa shape index (κ2) is 8.46.